The summed E-state index contributed by atoms with van der Waals surface area (Å²) in [6.07, 6.45) is 3.81. The summed E-state index contributed by atoms with van der Waals surface area (Å²) in [6, 6.07) is 3.32. The van der Waals surface area contributed by atoms with Gasteiger partial charge in [0, 0.05) is 23.5 Å². The van der Waals surface area contributed by atoms with Crippen molar-refractivity contribution in [3.05, 3.63) is 10.9 Å². The van der Waals surface area contributed by atoms with Gasteiger partial charge in [0.2, 0.25) is 5.95 Å². The highest BCUT2D eigenvalue weighted by molar-refractivity contribution is 7.18. The van der Waals surface area contributed by atoms with Crippen LogP contribution in [0.3, 0.4) is 0 Å². The van der Waals surface area contributed by atoms with Crippen molar-refractivity contribution in [2.45, 2.75) is 38.3 Å². The molecule has 0 spiro atoms. The molecule has 2 aliphatic heterocycles. The summed E-state index contributed by atoms with van der Waals surface area (Å²) in [5.74, 6) is 1.28. The van der Waals surface area contributed by atoms with E-state index in [0.29, 0.717) is 18.0 Å². The first-order valence-electron chi connectivity index (χ1n) is 7.25. The number of aromatic nitrogens is 2. The Labute approximate surface area is 122 Å². The van der Waals surface area contributed by atoms with Crippen LogP contribution in [0.15, 0.2) is 6.07 Å². The molecule has 2 aliphatic rings. The number of fused-ring (bicyclic) bond motifs is 2. The molecule has 4 heterocycles. The van der Waals surface area contributed by atoms with E-state index in [2.05, 4.69) is 33.2 Å². The predicted octanol–water partition coefficient (Wildman–Crippen LogP) is 2.23. The van der Waals surface area contributed by atoms with Crippen LogP contribution in [0.25, 0.3) is 10.2 Å². The second kappa shape index (κ2) is 4.56. The number of rotatable bonds is 2. The van der Waals surface area contributed by atoms with Crippen LogP contribution < -0.4 is 11.1 Å². The Morgan fingerprint density at radius 2 is 2.25 bits per heavy atom. The zero-order valence-electron chi connectivity index (χ0n) is 11.6. The van der Waals surface area contributed by atoms with Gasteiger partial charge in [0.1, 0.15) is 10.6 Å². The number of aryl methyl sites for hydroxylation is 1. The highest BCUT2D eigenvalue weighted by atomic mass is 32.1. The van der Waals surface area contributed by atoms with E-state index in [-0.39, 0.29) is 0 Å². The zero-order valence-corrected chi connectivity index (χ0v) is 12.4. The molecule has 2 aromatic rings. The molecule has 0 bridgehead atoms. The van der Waals surface area contributed by atoms with Gasteiger partial charge >= 0.3 is 0 Å². The SMILES string of the molecule is Cc1cc2c(NC3CCN4CCCC34)nc(N)nc2s1. The molecular formula is C14H19N5S. The summed E-state index contributed by atoms with van der Waals surface area (Å²) < 4.78 is 0. The minimum Gasteiger partial charge on any atom is -0.368 e. The predicted molar refractivity (Wildman–Crippen MR) is 83.2 cm³/mol. The van der Waals surface area contributed by atoms with Gasteiger partial charge in [-0.3, -0.25) is 4.90 Å². The fraction of sp³-hybridized carbons (Fsp3) is 0.571. The maximum absolute atomic E-state index is 5.85. The van der Waals surface area contributed by atoms with E-state index in [1.165, 1.54) is 37.2 Å². The molecule has 0 saturated carbocycles. The maximum atomic E-state index is 5.85. The standard InChI is InChI=1S/C14H19N5S/c1-8-7-9-12(17-14(15)18-13(9)20-8)16-10-4-6-19-5-2-3-11(10)19/h7,10-11H,2-6H2,1H3,(H3,15,16,17,18). The Morgan fingerprint density at radius 1 is 1.35 bits per heavy atom. The van der Waals surface area contributed by atoms with Crippen LogP contribution in [-0.4, -0.2) is 40.0 Å². The molecule has 20 heavy (non-hydrogen) atoms. The van der Waals surface area contributed by atoms with Gasteiger partial charge < -0.3 is 11.1 Å². The van der Waals surface area contributed by atoms with E-state index in [0.717, 1.165) is 16.0 Å². The monoisotopic (exact) mass is 289 g/mol. The van der Waals surface area contributed by atoms with Crippen molar-refractivity contribution in [2.24, 2.45) is 0 Å². The maximum Gasteiger partial charge on any atom is 0.223 e. The van der Waals surface area contributed by atoms with Gasteiger partial charge in [-0.15, -0.1) is 11.3 Å². The smallest absolute Gasteiger partial charge is 0.223 e. The van der Waals surface area contributed by atoms with Crippen LogP contribution in [0, 0.1) is 6.92 Å². The number of hydrogen-bond donors (Lipinski definition) is 2. The molecule has 2 unspecified atom stereocenters. The van der Waals surface area contributed by atoms with Crippen molar-refractivity contribution in [2.75, 3.05) is 24.1 Å². The molecule has 6 heteroatoms. The van der Waals surface area contributed by atoms with Crippen LogP contribution in [0.2, 0.25) is 0 Å². The van der Waals surface area contributed by atoms with Crippen molar-refractivity contribution in [1.29, 1.82) is 0 Å². The molecule has 0 radical (unpaired) electrons. The minimum atomic E-state index is 0.364. The molecule has 106 valence electrons. The lowest BCUT2D eigenvalue weighted by Gasteiger charge is -2.22. The Morgan fingerprint density at radius 3 is 3.15 bits per heavy atom. The van der Waals surface area contributed by atoms with Crippen molar-refractivity contribution in [3.8, 4) is 0 Å². The third-order valence-electron chi connectivity index (χ3n) is 4.46. The van der Waals surface area contributed by atoms with Crippen LogP contribution in [0.4, 0.5) is 11.8 Å². The number of anilines is 2. The summed E-state index contributed by atoms with van der Waals surface area (Å²) in [4.78, 5) is 13.6. The van der Waals surface area contributed by atoms with Crippen molar-refractivity contribution in [1.82, 2.24) is 14.9 Å². The van der Waals surface area contributed by atoms with Gasteiger partial charge in [0.15, 0.2) is 0 Å². The second-order valence-corrected chi connectivity index (χ2v) is 7.03. The number of nitrogens with zero attached hydrogens (tertiary/aromatic N) is 3. The largest absolute Gasteiger partial charge is 0.368 e. The lowest BCUT2D eigenvalue weighted by Crippen LogP contribution is -2.34. The van der Waals surface area contributed by atoms with Gasteiger partial charge in [-0.25, -0.2) is 4.98 Å². The molecule has 0 aliphatic carbocycles. The van der Waals surface area contributed by atoms with Crippen LogP contribution in [0.5, 0.6) is 0 Å². The first-order chi connectivity index (χ1) is 9.70. The number of hydrogen-bond acceptors (Lipinski definition) is 6. The van der Waals surface area contributed by atoms with Gasteiger partial charge in [-0.2, -0.15) is 4.98 Å². The first-order valence-corrected chi connectivity index (χ1v) is 8.06. The summed E-state index contributed by atoms with van der Waals surface area (Å²) >= 11 is 1.68. The number of thiophene rings is 1. The quantitative estimate of drug-likeness (QED) is 0.887. The highest BCUT2D eigenvalue weighted by Crippen LogP contribution is 2.33. The van der Waals surface area contributed by atoms with Crippen molar-refractivity contribution >= 4 is 33.3 Å². The Balaban J connectivity index is 1.68. The van der Waals surface area contributed by atoms with Gasteiger partial charge in [0.25, 0.3) is 0 Å². The van der Waals surface area contributed by atoms with Gasteiger partial charge in [-0.05, 0) is 38.8 Å². The Hall–Kier alpha value is -1.40. The molecule has 4 rings (SSSR count). The molecule has 0 aromatic carbocycles. The van der Waals surface area contributed by atoms with Crippen LogP contribution in [0.1, 0.15) is 24.1 Å². The van der Waals surface area contributed by atoms with Gasteiger partial charge in [0.05, 0.1) is 5.39 Å². The molecular weight excluding hydrogens is 270 g/mol. The fourth-order valence-corrected chi connectivity index (χ4v) is 4.48. The van der Waals surface area contributed by atoms with E-state index in [9.17, 15) is 0 Å². The number of nitrogen functional groups attached to an aromatic ring is 1. The molecule has 2 saturated heterocycles. The minimum absolute atomic E-state index is 0.364. The molecule has 2 atom stereocenters. The third kappa shape index (κ3) is 1.94. The molecule has 2 aromatic heterocycles. The first kappa shape index (κ1) is 12.3. The lowest BCUT2D eigenvalue weighted by molar-refractivity contribution is 0.318. The second-order valence-electron chi connectivity index (χ2n) is 5.79. The molecule has 0 amide bonds. The lowest BCUT2D eigenvalue weighted by atomic mass is 10.1. The van der Waals surface area contributed by atoms with E-state index in [4.69, 9.17) is 5.73 Å². The average molecular weight is 289 g/mol. The van der Waals surface area contributed by atoms with Gasteiger partial charge in [-0.1, -0.05) is 0 Å². The fourth-order valence-electron chi connectivity index (χ4n) is 3.59. The number of nitrogens with two attached hydrogens (primary N) is 1. The molecule has 3 N–H and O–H groups in total. The average Bonchev–Trinajstić information content (AvgIpc) is 3.05. The molecule has 2 fully saturated rings. The van der Waals surface area contributed by atoms with E-state index < -0.39 is 0 Å². The highest BCUT2D eigenvalue weighted by Gasteiger charge is 2.37. The molecule has 5 nitrogen and oxygen atoms in total. The van der Waals surface area contributed by atoms with Crippen molar-refractivity contribution < 1.29 is 0 Å². The van der Waals surface area contributed by atoms with E-state index >= 15 is 0 Å². The van der Waals surface area contributed by atoms with Crippen molar-refractivity contribution in [3.63, 3.8) is 0 Å². The Kier molecular flexibility index (Phi) is 2.82. The van der Waals surface area contributed by atoms with Crippen LogP contribution in [-0.2, 0) is 0 Å². The zero-order chi connectivity index (χ0) is 13.7. The summed E-state index contributed by atoms with van der Waals surface area (Å²) in [5.41, 5.74) is 5.85. The third-order valence-corrected chi connectivity index (χ3v) is 5.41. The summed E-state index contributed by atoms with van der Waals surface area (Å²) in [7, 11) is 0. The van der Waals surface area contributed by atoms with E-state index in [1.807, 2.05) is 0 Å². The van der Waals surface area contributed by atoms with E-state index in [1.54, 1.807) is 11.3 Å². The topological polar surface area (TPSA) is 67.1 Å². The summed E-state index contributed by atoms with van der Waals surface area (Å²) in [6.45, 7) is 4.55. The number of nitrogens with one attached hydrogen (secondary N) is 1. The van der Waals surface area contributed by atoms with Crippen LogP contribution >= 0.6 is 11.3 Å². The Bertz CT molecular complexity index is 652. The normalized spacial score (nSPS) is 26.2. The summed E-state index contributed by atoms with van der Waals surface area (Å²) in [5, 5.41) is 4.75.